The second kappa shape index (κ2) is 10.8. The number of tetrazole rings is 1. The summed E-state index contributed by atoms with van der Waals surface area (Å²) in [7, 11) is 4.05. The number of thioether (sulfide) groups is 1. The van der Waals surface area contributed by atoms with Crippen LogP contribution in [-0.2, 0) is 25.7 Å². The van der Waals surface area contributed by atoms with Crippen molar-refractivity contribution in [2.45, 2.75) is 62.7 Å². The van der Waals surface area contributed by atoms with Crippen LogP contribution in [0.2, 0.25) is 0 Å². The zero-order valence-electron chi connectivity index (χ0n) is 22.5. The predicted octanol–water partition coefficient (Wildman–Crippen LogP) is -1.42. The molecule has 0 aromatic carbocycles. The topological polar surface area (TPSA) is 166 Å². The largest absolute Gasteiger partial charge is 0.477 e. The summed E-state index contributed by atoms with van der Waals surface area (Å²) in [4.78, 5) is 57.1. The lowest BCUT2D eigenvalue weighted by atomic mass is 9.78. The van der Waals surface area contributed by atoms with E-state index in [1.54, 1.807) is 6.92 Å². The van der Waals surface area contributed by atoms with Gasteiger partial charge in [0.25, 0.3) is 0 Å². The highest BCUT2D eigenvalue weighted by molar-refractivity contribution is 8.03. The first-order chi connectivity index (χ1) is 18.6. The first kappa shape index (κ1) is 27.5. The second-order valence-electron chi connectivity index (χ2n) is 11.0. The smallest absolute Gasteiger partial charge is 0.353 e. The predicted molar refractivity (Wildman–Crippen MR) is 140 cm³/mol. The lowest BCUT2D eigenvalue weighted by Gasteiger charge is -2.47. The van der Waals surface area contributed by atoms with Crippen LogP contribution < -0.4 is 10.6 Å². The summed E-state index contributed by atoms with van der Waals surface area (Å²) >= 11 is 1.46. The van der Waals surface area contributed by atoms with E-state index in [-0.39, 0.29) is 53.2 Å². The zero-order chi connectivity index (χ0) is 28.0. The number of hydrogen-bond donors (Lipinski definition) is 3. The molecule has 0 bridgehead atoms. The maximum absolute atomic E-state index is 13.2. The number of carboxylic acids is 1. The molecular formula is C24H35N9O5S. The molecule has 5 heterocycles. The van der Waals surface area contributed by atoms with Crippen LogP contribution in [0.25, 0.3) is 0 Å². The van der Waals surface area contributed by atoms with Gasteiger partial charge in [-0.3, -0.25) is 14.4 Å². The number of carbonyl (C=O) groups excluding carboxylic acids is 3. The van der Waals surface area contributed by atoms with Crippen molar-refractivity contribution in [1.29, 1.82) is 0 Å². The first-order valence-electron chi connectivity index (χ1n) is 13.2. The van der Waals surface area contributed by atoms with Gasteiger partial charge in [-0.25, -0.2) is 9.48 Å². The van der Waals surface area contributed by atoms with Gasteiger partial charge >= 0.3 is 5.97 Å². The Hall–Kier alpha value is -3.04. The molecule has 1 aromatic rings. The van der Waals surface area contributed by atoms with Crippen LogP contribution in [0.4, 0.5) is 0 Å². The molecule has 0 unspecified atom stereocenters. The molecule has 7 atom stereocenters. The van der Waals surface area contributed by atoms with Crippen LogP contribution in [0.15, 0.2) is 16.9 Å². The molecule has 3 saturated heterocycles. The van der Waals surface area contributed by atoms with Crippen molar-refractivity contribution in [3.05, 3.63) is 16.9 Å². The summed E-state index contributed by atoms with van der Waals surface area (Å²) in [5, 5.41) is 26.9. The molecule has 212 valence electrons. The summed E-state index contributed by atoms with van der Waals surface area (Å²) in [5.74, 6) is -2.44. The number of carbonyl (C=O) groups is 4. The van der Waals surface area contributed by atoms with E-state index in [0.717, 1.165) is 19.5 Å². The number of β-lactam (4-membered cyclic amide) rings is 1. The van der Waals surface area contributed by atoms with Crippen molar-refractivity contribution in [3.63, 3.8) is 0 Å². The molecular weight excluding hydrogens is 526 g/mol. The minimum atomic E-state index is -1.14. The molecule has 4 aliphatic heterocycles. The van der Waals surface area contributed by atoms with Gasteiger partial charge in [-0.2, -0.15) is 0 Å². The normalized spacial score (nSPS) is 31.1. The number of aliphatic carboxylic acids is 1. The number of amides is 3. The van der Waals surface area contributed by atoms with E-state index in [0.29, 0.717) is 23.9 Å². The van der Waals surface area contributed by atoms with Crippen LogP contribution in [-0.4, -0.2) is 127 Å². The van der Waals surface area contributed by atoms with E-state index >= 15 is 0 Å². The molecule has 3 N–H and O–H groups in total. The lowest BCUT2D eigenvalue weighted by Crippen LogP contribution is -2.66. The molecule has 1 aromatic heterocycles. The fourth-order valence-corrected chi connectivity index (χ4v) is 7.71. The standard InChI is InChI=1S/C24H35N9O5S/c1-12-19-18(13(2)27-17(34)10-32-11-26-28-29-32)23(36)33(19)20(24(37)38)21(12)39-15-7-16(25-8-15)22(35)31-6-5-14(9-31)30(3)4/h11-16,18-19,25H,5-10H2,1-4H3,(H,27,34)(H,37,38)/t12-,13-,14-,15+,16+,18-,19-/m1/s1. The number of rotatable bonds is 9. The average Bonchev–Trinajstić information content (AvgIpc) is 3.67. The van der Waals surface area contributed by atoms with Crippen molar-refractivity contribution in [2.24, 2.45) is 11.8 Å². The number of aromatic nitrogens is 4. The summed E-state index contributed by atoms with van der Waals surface area (Å²) in [6, 6.07) is -0.777. The molecule has 3 amide bonds. The number of nitrogens with zero attached hydrogens (tertiary/aromatic N) is 7. The molecule has 39 heavy (non-hydrogen) atoms. The third-order valence-electron chi connectivity index (χ3n) is 8.30. The van der Waals surface area contributed by atoms with Gasteiger partial charge in [0.1, 0.15) is 18.6 Å². The minimum absolute atomic E-state index is 0.0127. The van der Waals surface area contributed by atoms with Gasteiger partial charge in [0.05, 0.1) is 18.0 Å². The van der Waals surface area contributed by atoms with E-state index in [1.165, 1.54) is 27.7 Å². The molecule has 0 spiro atoms. The van der Waals surface area contributed by atoms with E-state index in [9.17, 15) is 24.3 Å². The zero-order valence-corrected chi connectivity index (χ0v) is 23.3. The number of fused-ring (bicyclic) bond motifs is 1. The summed E-state index contributed by atoms with van der Waals surface area (Å²) in [6.07, 6.45) is 2.88. The van der Waals surface area contributed by atoms with Gasteiger partial charge < -0.3 is 30.4 Å². The van der Waals surface area contributed by atoms with E-state index in [1.807, 2.05) is 25.9 Å². The molecule has 3 fully saturated rings. The Morgan fingerprint density at radius 3 is 2.74 bits per heavy atom. The maximum atomic E-state index is 13.2. The van der Waals surface area contributed by atoms with Crippen molar-refractivity contribution in [3.8, 4) is 0 Å². The molecule has 0 saturated carbocycles. The molecule has 0 radical (unpaired) electrons. The third kappa shape index (κ3) is 5.14. The Bertz CT molecular complexity index is 1170. The van der Waals surface area contributed by atoms with Crippen LogP contribution in [0, 0.1) is 11.8 Å². The Labute approximate surface area is 230 Å². The van der Waals surface area contributed by atoms with Crippen molar-refractivity contribution >= 4 is 35.5 Å². The number of likely N-dealkylation sites (tertiary alicyclic amines) is 1. The number of nitrogens with one attached hydrogen (secondary N) is 2. The lowest BCUT2D eigenvalue weighted by molar-refractivity contribution is -0.158. The van der Waals surface area contributed by atoms with Crippen molar-refractivity contribution in [1.82, 2.24) is 45.5 Å². The molecule has 5 rings (SSSR count). The minimum Gasteiger partial charge on any atom is -0.477 e. The summed E-state index contributed by atoms with van der Waals surface area (Å²) in [6.45, 7) is 5.66. The maximum Gasteiger partial charge on any atom is 0.353 e. The molecule has 4 aliphatic rings. The SMILES string of the molecule is C[C@@H](NC(=O)Cn1cnnn1)[C@H]1C(=O)N2C(C(=O)O)=C(S[C@@H]3CN[C@H](C(=O)N4CC[C@@H](N(C)C)C4)C3)[C@H](C)[C@H]12. The fourth-order valence-electron chi connectivity index (χ4n) is 6.23. The van der Waals surface area contributed by atoms with Gasteiger partial charge in [-0.15, -0.1) is 16.9 Å². The molecule has 14 nitrogen and oxygen atoms in total. The number of likely N-dealkylation sites (N-methyl/N-ethyl adjacent to an activating group) is 1. The third-order valence-corrected chi connectivity index (χ3v) is 9.81. The number of hydrogen-bond acceptors (Lipinski definition) is 10. The quantitative estimate of drug-likeness (QED) is 0.303. The molecule has 0 aliphatic carbocycles. The van der Waals surface area contributed by atoms with Gasteiger partial charge in [0, 0.05) is 47.8 Å². The van der Waals surface area contributed by atoms with E-state index < -0.39 is 17.9 Å². The molecule has 15 heteroatoms. The monoisotopic (exact) mass is 561 g/mol. The highest BCUT2D eigenvalue weighted by atomic mass is 32.2. The van der Waals surface area contributed by atoms with Gasteiger partial charge in [-0.1, -0.05) is 6.92 Å². The average molecular weight is 562 g/mol. The summed E-state index contributed by atoms with van der Waals surface area (Å²) in [5.41, 5.74) is 0.0223. The highest BCUT2D eigenvalue weighted by Crippen LogP contribution is 2.51. The van der Waals surface area contributed by atoms with Crippen molar-refractivity contribution in [2.75, 3.05) is 33.7 Å². The van der Waals surface area contributed by atoms with Crippen LogP contribution in [0.5, 0.6) is 0 Å². The van der Waals surface area contributed by atoms with Gasteiger partial charge in [0.2, 0.25) is 17.7 Å². The van der Waals surface area contributed by atoms with Crippen LogP contribution in [0.3, 0.4) is 0 Å². The Kier molecular flexibility index (Phi) is 7.66. The number of carboxylic acid groups (broad SMARTS) is 1. The highest BCUT2D eigenvalue weighted by Gasteiger charge is 2.60. The van der Waals surface area contributed by atoms with E-state index in [4.69, 9.17) is 0 Å². The van der Waals surface area contributed by atoms with Crippen molar-refractivity contribution < 1.29 is 24.3 Å². The Morgan fingerprint density at radius 1 is 1.33 bits per heavy atom. The first-order valence-corrected chi connectivity index (χ1v) is 14.1. The summed E-state index contributed by atoms with van der Waals surface area (Å²) < 4.78 is 1.28. The second-order valence-corrected chi connectivity index (χ2v) is 12.4. The Morgan fingerprint density at radius 2 is 2.10 bits per heavy atom. The van der Waals surface area contributed by atoms with Crippen LogP contribution >= 0.6 is 11.8 Å². The van der Waals surface area contributed by atoms with E-state index in [2.05, 4.69) is 31.1 Å². The van der Waals surface area contributed by atoms with Crippen LogP contribution in [0.1, 0.15) is 26.7 Å². The van der Waals surface area contributed by atoms with Gasteiger partial charge in [0.15, 0.2) is 0 Å². The Balaban J connectivity index is 1.22. The fraction of sp³-hybridized carbons (Fsp3) is 0.708. The van der Waals surface area contributed by atoms with Gasteiger partial charge in [-0.05, 0) is 44.3 Å².